The monoisotopic (exact) mass is 456 g/mol. The molecule has 0 aliphatic heterocycles. The van der Waals surface area contributed by atoms with Crippen molar-refractivity contribution >= 4 is 29.9 Å². The lowest BCUT2D eigenvalue weighted by molar-refractivity contribution is -0.0503. The molecule has 4 bridgehead atoms. The number of rotatable bonds is 10. The zero-order chi connectivity index (χ0) is 20.3. The third-order valence-electron chi connectivity index (χ3n) is 7.03. The zero-order valence-electron chi connectivity index (χ0n) is 17.5. The topological polar surface area (TPSA) is 70.6 Å². The molecule has 168 valence electrons. The molecule has 0 unspecified atom stereocenters. The van der Waals surface area contributed by atoms with Crippen LogP contribution in [0.15, 0.2) is 18.2 Å². The molecular weight excluding hydrogens is 423 g/mol. The number of hydrogen-bond donors (Lipinski definition) is 3. The van der Waals surface area contributed by atoms with Gasteiger partial charge >= 0.3 is 0 Å². The molecule has 0 saturated heterocycles. The van der Waals surface area contributed by atoms with Crippen molar-refractivity contribution in [1.82, 2.24) is 10.6 Å². The van der Waals surface area contributed by atoms with Gasteiger partial charge in [-0.2, -0.15) is 0 Å². The van der Waals surface area contributed by atoms with E-state index in [4.69, 9.17) is 21.4 Å². The van der Waals surface area contributed by atoms with Crippen molar-refractivity contribution in [2.45, 2.75) is 44.9 Å². The highest BCUT2D eigenvalue weighted by Crippen LogP contribution is 2.59. The molecule has 5 rings (SSSR count). The van der Waals surface area contributed by atoms with Crippen molar-refractivity contribution in [1.29, 1.82) is 0 Å². The molecule has 3 N–H and O–H groups in total. The molecule has 1 aromatic carbocycles. The average molecular weight is 457 g/mol. The van der Waals surface area contributed by atoms with E-state index in [-0.39, 0.29) is 24.9 Å². The number of aliphatic hydroxyl groups is 1. The minimum absolute atomic E-state index is 0. The van der Waals surface area contributed by atoms with Crippen molar-refractivity contribution in [3.8, 4) is 5.75 Å². The lowest BCUT2D eigenvalue weighted by Gasteiger charge is -2.56. The van der Waals surface area contributed by atoms with Gasteiger partial charge in [0.1, 0.15) is 12.4 Å². The van der Waals surface area contributed by atoms with Crippen molar-refractivity contribution < 1.29 is 14.6 Å². The Morgan fingerprint density at radius 1 is 1.13 bits per heavy atom. The van der Waals surface area contributed by atoms with Crippen LogP contribution >= 0.6 is 24.0 Å². The van der Waals surface area contributed by atoms with E-state index in [9.17, 15) is 4.79 Å². The second kappa shape index (κ2) is 10.5. The quantitative estimate of drug-likeness (QED) is 0.464. The molecule has 0 atom stereocenters. The Balaban J connectivity index is 0.00000256. The molecule has 0 radical (unpaired) electrons. The summed E-state index contributed by atoms with van der Waals surface area (Å²) in [6.07, 6.45) is 8.79. The van der Waals surface area contributed by atoms with Crippen LogP contribution in [0.2, 0.25) is 5.02 Å². The number of halogens is 2. The fourth-order valence-electron chi connectivity index (χ4n) is 6.21. The maximum absolute atomic E-state index is 12.9. The van der Waals surface area contributed by atoms with Crippen LogP contribution in [0.5, 0.6) is 5.75 Å². The molecule has 4 fully saturated rings. The van der Waals surface area contributed by atoms with E-state index in [0.29, 0.717) is 34.9 Å². The van der Waals surface area contributed by atoms with Crippen LogP contribution in [-0.4, -0.2) is 43.9 Å². The fourth-order valence-corrected chi connectivity index (χ4v) is 6.41. The number of benzene rings is 1. The highest BCUT2D eigenvalue weighted by Gasteiger charge is 2.50. The largest absolute Gasteiger partial charge is 0.492 e. The number of hydrogen-bond acceptors (Lipinski definition) is 4. The summed E-state index contributed by atoms with van der Waals surface area (Å²) in [4.78, 5) is 12.9. The summed E-state index contributed by atoms with van der Waals surface area (Å²) in [5.41, 5.74) is 0.799. The predicted molar refractivity (Wildman–Crippen MR) is 122 cm³/mol. The van der Waals surface area contributed by atoms with Gasteiger partial charge < -0.3 is 20.5 Å². The highest BCUT2D eigenvalue weighted by molar-refractivity contribution is 6.33. The van der Waals surface area contributed by atoms with Gasteiger partial charge in [-0.05, 0) is 92.9 Å². The van der Waals surface area contributed by atoms with E-state index in [1.165, 1.54) is 38.5 Å². The van der Waals surface area contributed by atoms with Gasteiger partial charge in [-0.25, -0.2) is 0 Å². The SMILES string of the molecule is Cl.O=C(NCC12CC3CC(CC(C3)C1)C2)c1cc(OCCNCCCO)ccc1Cl. The Hall–Kier alpha value is -1.01. The van der Waals surface area contributed by atoms with Crippen LogP contribution in [0, 0.1) is 23.2 Å². The second-order valence-electron chi connectivity index (χ2n) is 9.42. The normalized spacial score (nSPS) is 28.8. The van der Waals surface area contributed by atoms with Gasteiger partial charge in [0.2, 0.25) is 0 Å². The molecule has 5 nitrogen and oxygen atoms in total. The first-order valence-corrected chi connectivity index (χ1v) is 11.5. The van der Waals surface area contributed by atoms with Gasteiger partial charge in [0.05, 0.1) is 10.6 Å². The lowest BCUT2D eigenvalue weighted by atomic mass is 9.49. The zero-order valence-corrected chi connectivity index (χ0v) is 19.1. The summed E-state index contributed by atoms with van der Waals surface area (Å²) in [6, 6.07) is 5.27. The smallest absolute Gasteiger partial charge is 0.252 e. The first-order valence-electron chi connectivity index (χ1n) is 11.1. The maximum Gasteiger partial charge on any atom is 0.252 e. The minimum atomic E-state index is -0.0998. The van der Waals surface area contributed by atoms with Crippen molar-refractivity contribution in [3.63, 3.8) is 0 Å². The predicted octanol–water partition coefficient (Wildman–Crippen LogP) is 4.06. The minimum Gasteiger partial charge on any atom is -0.492 e. The maximum atomic E-state index is 12.9. The first kappa shape index (κ1) is 23.6. The van der Waals surface area contributed by atoms with E-state index in [1.807, 2.05) is 0 Å². The summed E-state index contributed by atoms with van der Waals surface area (Å²) < 4.78 is 5.75. The van der Waals surface area contributed by atoms with Crippen LogP contribution in [0.4, 0.5) is 0 Å². The molecule has 30 heavy (non-hydrogen) atoms. The van der Waals surface area contributed by atoms with Gasteiger partial charge in [-0.3, -0.25) is 4.79 Å². The molecule has 1 aromatic rings. The van der Waals surface area contributed by atoms with Gasteiger partial charge in [0, 0.05) is 19.7 Å². The van der Waals surface area contributed by atoms with Gasteiger partial charge in [-0.1, -0.05) is 11.6 Å². The van der Waals surface area contributed by atoms with Crippen LogP contribution in [0.1, 0.15) is 55.3 Å². The summed E-state index contributed by atoms with van der Waals surface area (Å²) in [5.74, 6) is 3.19. The van der Waals surface area contributed by atoms with E-state index in [0.717, 1.165) is 37.3 Å². The molecule has 1 amide bonds. The van der Waals surface area contributed by atoms with E-state index in [1.54, 1.807) is 18.2 Å². The Morgan fingerprint density at radius 2 is 1.80 bits per heavy atom. The number of carbonyl (C=O) groups is 1. The highest BCUT2D eigenvalue weighted by atomic mass is 35.5. The van der Waals surface area contributed by atoms with Crippen LogP contribution in [0.3, 0.4) is 0 Å². The van der Waals surface area contributed by atoms with E-state index < -0.39 is 0 Å². The first-order chi connectivity index (χ1) is 14.1. The fraction of sp³-hybridized carbons (Fsp3) is 0.696. The van der Waals surface area contributed by atoms with E-state index in [2.05, 4.69) is 10.6 Å². The van der Waals surface area contributed by atoms with E-state index >= 15 is 0 Å². The molecule has 0 spiro atoms. The van der Waals surface area contributed by atoms with Crippen LogP contribution < -0.4 is 15.4 Å². The van der Waals surface area contributed by atoms with Crippen LogP contribution in [0.25, 0.3) is 0 Å². The Labute approximate surface area is 190 Å². The summed E-state index contributed by atoms with van der Waals surface area (Å²) in [7, 11) is 0. The summed E-state index contributed by atoms with van der Waals surface area (Å²) in [6.45, 7) is 2.91. The number of amides is 1. The number of nitrogens with one attached hydrogen (secondary N) is 2. The molecular formula is C23H34Cl2N2O3. The number of aliphatic hydroxyl groups excluding tert-OH is 1. The molecule has 7 heteroatoms. The van der Waals surface area contributed by atoms with Gasteiger partial charge in [0.15, 0.2) is 0 Å². The molecule has 4 saturated carbocycles. The van der Waals surface area contributed by atoms with Gasteiger partial charge in [-0.15, -0.1) is 12.4 Å². The Morgan fingerprint density at radius 3 is 2.43 bits per heavy atom. The third-order valence-corrected chi connectivity index (χ3v) is 7.36. The van der Waals surface area contributed by atoms with Crippen molar-refractivity contribution in [2.75, 3.05) is 32.8 Å². The second-order valence-corrected chi connectivity index (χ2v) is 9.82. The van der Waals surface area contributed by atoms with Crippen LogP contribution in [-0.2, 0) is 0 Å². The van der Waals surface area contributed by atoms with Gasteiger partial charge in [0.25, 0.3) is 5.91 Å². The van der Waals surface area contributed by atoms with Crippen molar-refractivity contribution in [3.05, 3.63) is 28.8 Å². The molecule has 0 aromatic heterocycles. The summed E-state index contributed by atoms with van der Waals surface area (Å²) in [5, 5.41) is 15.6. The molecule has 0 heterocycles. The Bertz CT molecular complexity index is 693. The molecule has 4 aliphatic rings. The average Bonchev–Trinajstić information content (AvgIpc) is 2.69. The standard InChI is InChI=1S/C23H33ClN2O3.ClH/c24-21-3-2-19(29-7-5-25-4-1-6-27)11-20(21)22(28)26-15-23-12-16-8-17(13-23)10-18(9-16)14-23;/h2-3,11,16-18,25,27H,1,4-10,12-15H2,(H,26,28);1H. The lowest BCUT2D eigenvalue weighted by Crippen LogP contribution is -2.51. The number of carbonyl (C=O) groups excluding carboxylic acids is 1. The number of ether oxygens (including phenoxy) is 1. The summed E-state index contributed by atoms with van der Waals surface area (Å²) >= 11 is 6.31. The Kier molecular flexibility index (Phi) is 8.31. The molecule has 4 aliphatic carbocycles. The van der Waals surface area contributed by atoms with Crippen molar-refractivity contribution in [2.24, 2.45) is 23.2 Å². The third kappa shape index (κ3) is 5.61.